The maximum Gasteiger partial charge on any atom is 0.323 e. The lowest BCUT2D eigenvalue weighted by Gasteiger charge is -2.13. The highest BCUT2D eigenvalue weighted by molar-refractivity contribution is 7.90. The van der Waals surface area contributed by atoms with E-state index in [9.17, 15) is 13.2 Å². The van der Waals surface area contributed by atoms with Gasteiger partial charge >= 0.3 is 5.97 Å². The first-order valence-electron chi connectivity index (χ1n) is 5.76. The van der Waals surface area contributed by atoms with Crippen LogP contribution in [0.3, 0.4) is 0 Å². The average Bonchev–Trinajstić information content (AvgIpc) is 2.76. The van der Waals surface area contributed by atoms with Crippen molar-refractivity contribution in [3.8, 4) is 0 Å². The molecule has 0 bridgehead atoms. The van der Waals surface area contributed by atoms with Gasteiger partial charge in [-0.3, -0.25) is 4.79 Å². The summed E-state index contributed by atoms with van der Waals surface area (Å²) in [6.45, 7) is 1.55. The first kappa shape index (κ1) is 14.4. The Morgan fingerprint density at radius 3 is 2.59 bits per heavy atom. The summed E-state index contributed by atoms with van der Waals surface area (Å²) in [7, 11) is -3.78. The van der Waals surface area contributed by atoms with Crippen molar-refractivity contribution < 1.29 is 23.1 Å². The van der Waals surface area contributed by atoms with E-state index in [1.165, 1.54) is 0 Å². The smallest absolute Gasteiger partial charge is 0.323 e. The molecule has 17 heavy (non-hydrogen) atoms. The van der Waals surface area contributed by atoms with Crippen LogP contribution in [0.25, 0.3) is 0 Å². The summed E-state index contributed by atoms with van der Waals surface area (Å²) < 4.78 is 30.5. The monoisotopic (exact) mass is 265 g/mol. The van der Waals surface area contributed by atoms with Crippen LogP contribution < -0.4 is 4.72 Å². The topological polar surface area (TPSA) is 92.7 Å². The Balaban J connectivity index is 2.23. The van der Waals surface area contributed by atoms with Gasteiger partial charge in [-0.2, -0.15) is 0 Å². The quantitative estimate of drug-likeness (QED) is 0.647. The third-order valence-corrected chi connectivity index (χ3v) is 4.61. The minimum atomic E-state index is -3.78. The van der Waals surface area contributed by atoms with Crippen LogP contribution in [0.15, 0.2) is 0 Å². The summed E-state index contributed by atoms with van der Waals surface area (Å²) in [5.41, 5.74) is 0. The number of carbonyl (C=O) groups is 1. The molecule has 1 aliphatic rings. The van der Waals surface area contributed by atoms with Crippen LogP contribution in [-0.4, -0.2) is 44.0 Å². The van der Waals surface area contributed by atoms with Gasteiger partial charge < -0.3 is 9.84 Å². The summed E-state index contributed by atoms with van der Waals surface area (Å²) in [5, 5.41) is 7.16. The van der Waals surface area contributed by atoms with Crippen LogP contribution in [0.2, 0.25) is 0 Å². The molecule has 1 saturated carbocycles. The fourth-order valence-electron chi connectivity index (χ4n) is 1.72. The molecule has 6 nitrogen and oxygen atoms in total. The lowest BCUT2D eigenvalue weighted by Crippen LogP contribution is -2.39. The Labute approximate surface area is 101 Å². The Bertz CT molecular complexity index is 348. The maximum absolute atomic E-state index is 11.4. The number of carboxylic acids is 1. The molecule has 1 atom stereocenters. The number of carboxylic acid groups (broad SMARTS) is 1. The molecule has 1 fully saturated rings. The lowest BCUT2D eigenvalue weighted by atomic mass is 10.3. The molecule has 7 heteroatoms. The van der Waals surface area contributed by atoms with E-state index < -0.39 is 21.2 Å². The highest BCUT2D eigenvalue weighted by atomic mass is 32.2. The van der Waals surface area contributed by atoms with Crippen LogP contribution in [0.1, 0.15) is 32.6 Å². The van der Waals surface area contributed by atoms with Gasteiger partial charge in [0.15, 0.2) is 5.25 Å². The fourth-order valence-corrected chi connectivity index (χ4v) is 2.61. The minimum absolute atomic E-state index is 0.121. The molecule has 0 saturated heterocycles. The second-order valence-corrected chi connectivity index (χ2v) is 6.28. The molecule has 1 aliphatic carbocycles. The number of nitrogens with one attached hydrogen (secondary N) is 1. The van der Waals surface area contributed by atoms with Crippen molar-refractivity contribution in [1.82, 2.24) is 4.72 Å². The van der Waals surface area contributed by atoms with Crippen molar-refractivity contribution in [2.45, 2.75) is 44.0 Å². The Hall–Kier alpha value is -0.660. The van der Waals surface area contributed by atoms with Gasteiger partial charge in [-0.25, -0.2) is 13.1 Å². The van der Waals surface area contributed by atoms with E-state index >= 15 is 0 Å². The summed E-state index contributed by atoms with van der Waals surface area (Å²) in [4.78, 5) is 10.5. The molecule has 2 N–H and O–H groups in total. The normalized spacial score (nSPS) is 19.4. The van der Waals surface area contributed by atoms with E-state index in [0.717, 1.165) is 32.6 Å². The first-order chi connectivity index (χ1) is 7.93. The molecule has 1 rings (SSSR count). The van der Waals surface area contributed by atoms with Crippen molar-refractivity contribution >= 4 is 16.0 Å². The maximum atomic E-state index is 11.4. The van der Waals surface area contributed by atoms with E-state index in [4.69, 9.17) is 9.84 Å². The van der Waals surface area contributed by atoms with Gasteiger partial charge in [0.05, 0.1) is 12.7 Å². The molecule has 0 spiro atoms. The van der Waals surface area contributed by atoms with E-state index in [1.807, 2.05) is 0 Å². The van der Waals surface area contributed by atoms with Crippen molar-refractivity contribution in [3.63, 3.8) is 0 Å². The molecule has 0 radical (unpaired) electrons. The highest BCUT2D eigenvalue weighted by Gasteiger charge is 2.27. The van der Waals surface area contributed by atoms with Crippen LogP contribution in [0.4, 0.5) is 0 Å². The zero-order valence-corrected chi connectivity index (χ0v) is 10.7. The summed E-state index contributed by atoms with van der Waals surface area (Å²) in [5.74, 6) is -1.35. The summed E-state index contributed by atoms with van der Waals surface area (Å²) >= 11 is 0. The Morgan fingerprint density at radius 1 is 1.47 bits per heavy atom. The first-order valence-corrected chi connectivity index (χ1v) is 7.31. The second kappa shape index (κ2) is 6.32. The van der Waals surface area contributed by atoms with E-state index in [1.54, 1.807) is 0 Å². The number of sulfonamides is 1. The number of ether oxygens (including phenoxy) is 1. The molecule has 0 amide bonds. The van der Waals surface area contributed by atoms with Gasteiger partial charge in [0.1, 0.15) is 0 Å². The predicted octanol–water partition coefficient (Wildman–Crippen LogP) is 0.338. The van der Waals surface area contributed by atoms with Crippen LogP contribution in [-0.2, 0) is 19.6 Å². The molecule has 100 valence electrons. The zero-order valence-electron chi connectivity index (χ0n) is 9.89. The Morgan fingerprint density at radius 2 is 2.06 bits per heavy atom. The highest BCUT2D eigenvalue weighted by Crippen LogP contribution is 2.20. The van der Waals surface area contributed by atoms with Gasteiger partial charge in [-0.1, -0.05) is 12.8 Å². The van der Waals surface area contributed by atoms with Gasteiger partial charge in [0.25, 0.3) is 0 Å². The van der Waals surface area contributed by atoms with Crippen molar-refractivity contribution in [3.05, 3.63) is 0 Å². The van der Waals surface area contributed by atoms with E-state index in [-0.39, 0.29) is 19.3 Å². The van der Waals surface area contributed by atoms with Crippen molar-refractivity contribution in [1.29, 1.82) is 0 Å². The van der Waals surface area contributed by atoms with Crippen molar-refractivity contribution in [2.75, 3.05) is 13.2 Å². The lowest BCUT2D eigenvalue weighted by molar-refractivity contribution is -0.136. The van der Waals surface area contributed by atoms with Gasteiger partial charge in [-0.05, 0) is 19.8 Å². The predicted molar refractivity (Wildman–Crippen MR) is 62.2 cm³/mol. The molecule has 0 aromatic rings. The number of aliphatic carboxylic acids is 1. The van der Waals surface area contributed by atoms with Crippen molar-refractivity contribution in [2.24, 2.45) is 0 Å². The third kappa shape index (κ3) is 4.61. The van der Waals surface area contributed by atoms with E-state index in [2.05, 4.69) is 4.72 Å². The number of rotatable bonds is 7. The molecule has 0 aromatic carbocycles. The summed E-state index contributed by atoms with van der Waals surface area (Å²) in [6, 6.07) is 0. The molecular formula is C10H19NO5S. The zero-order chi connectivity index (χ0) is 12.9. The van der Waals surface area contributed by atoms with Gasteiger partial charge in [0.2, 0.25) is 10.0 Å². The molecule has 0 heterocycles. The molecular weight excluding hydrogens is 246 g/mol. The van der Waals surface area contributed by atoms with E-state index in [0.29, 0.717) is 0 Å². The fraction of sp³-hybridized carbons (Fsp3) is 0.900. The van der Waals surface area contributed by atoms with Crippen LogP contribution >= 0.6 is 0 Å². The van der Waals surface area contributed by atoms with Gasteiger partial charge in [0, 0.05) is 6.54 Å². The standard InChI is InChI=1S/C10H19NO5S/c1-8(10(12)13)17(14,15)11-6-7-16-9-4-2-3-5-9/h8-9,11H,2-7H2,1H3,(H,12,13). The van der Waals surface area contributed by atoms with Crippen LogP contribution in [0.5, 0.6) is 0 Å². The second-order valence-electron chi connectivity index (χ2n) is 4.20. The number of hydrogen-bond donors (Lipinski definition) is 2. The molecule has 0 aromatic heterocycles. The number of hydrogen-bond acceptors (Lipinski definition) is 4. The largest absolute Gasteiger partial charge is 0.480 e. The SMILES string of the molecule is CC(C(=O)O)S(=O)(=O)NCCOC1CCCC1. The molecule has 0 aliphatic heterocycles. The minimum Gasteiger partial charge on any atom is -0.480 e. The van der Waals surface area contributed by atoms with Crippen LogP contribution in [0, 0.1) is 0 Å². The summed E-state index contributed by atoms with van der Waals surface area (Å²) in [6.07, 6.45) is 4.60. The molecule has 1 unspecified atom stereocenters. The van der Waals surface area contributed by atoms with Gasteiger partial charge in [-0.15, -0.1) is 0 Å². The third-order valence-electron chi connectivity index (χ3n) is 2.87. The Kier molecular flexibility index (Phi) is 5.35. The average molecular weight is 265 g/mol.